The molecule has 1 aromatic heterocycles. The van der Waals surface area contributed by atoms with E-state index < -0.39 is 0 Å². The molecule has 0 radical (unpaired) electrons. The van der Waals surface area contributed by atoms with Crippen LogP contribution in [0.4, 0.5) is 0 Å². The van der Waals surface area contributed by atoms with Crippen molar-refractivity contribution in [2.45, 2.75) is 33.1 Å². The Labute approximate surface area is 103 Å². The zero-order valence-electron chi connectivity index (χ0n) is 11.1. The largest absolute Gasteiger partial charge is 0.495 e. The summed E-state index contributed by atoms with van der Waals surface area (Å²) in [5.74, 6) is 2.19. The van der Waals surface area contributed by atoms with Crippen LogP contribution >= 0.6 is 0 Å². The minimum atomic E-state index is 0.607. The zero-order chi connectivity index (χ0) is 12.4. The van der Waals surface area contributed by atoms with E-state index in [0.717, 1.165) is 11.3 Å². The lowest BCUT2D eigenvalue weighted by Crippen LogP contribution is -2.04. The Kier molecular flexibility index (Phi) is 3.41. The van der Waals surface area contributed by atoms with E-state index in [0.29, 0.717) is 11.8 Å². The molecule has 0 spiro atoms. The van der Waals surface area contributed by atoms with E-state index in [4.69, 9.17) is 4.74 Å². The van der Waals surface area contributed by atoms with Crippen molar-refractivity contribution in [2.24, 2.45) is 5.92 Å². The molecule has 1 unspecified atom stereocenters. The summed E-state index contributed by atoms with van der Waals surface area (Å²) in [6, 6.07) is 6.24. The number of hydrogen-bond donors (Lipinski definition) is 1. The summed E-state index contributed by atoms with van der Waals surface area (Å²) in [5, 5.41) is 1.30. The molecule has 0 saturated heterocycles. The van der Waals surface area contributed by atoms with Crippen LogP contribution in [-0.2, 0) is 0 Å². The summed E-state index contributed by atoms with van der Waals surface area (Å²) < 4.78 is 5.38. The second kappa shape index (κ2) is 4.82. The molecule has 1 heterocycles. The maximum atomic E-state index is 5.38. The lowest BCUT2D eigenvalue weighted by molar-refractivity contribution is 0.419. The first-order chi connectivity index (χ1) is 8.19. The number of para-hydroxylation sites is 1. The number of hydrogen-bond acceptors (Lipinski definition) is 1. The highest BCUT2D eigenvalue weighted by Crippen LogP contribution is 2.35. The molecule has 1 atom stereocenters. The van der Waals surface area contributed by atoms with Gasteiger partial charge in [-0.1, -0.05) is 32.9 Å². The van der Waals surface area contributed by atoms with Gasteiger partial charge in [-0.3, -0.25) is 0 Å². The molecule has 0 aliphatic rings. The third-order valence-electron chi connectivity index (χ3n) is 3.57. The molecule has 0 aliphatic carbocycles. The van der Waals surface area contributed by atoms with Crippen molar-refractivity contribution in [3.05, 3.63) is 30.0 Å². The van der Waals surface area contributed by atoms with Crippen molar-refractivity contribution in [3.8, 4) is 5.75 Å². The Morgan fingerprint density at radius 2 is 2.06 bits per heavy atom. The summed E-state index contributed by atoms with van der Waals surface area (Å²) >= 11 is 0. The lowest BCUT2D eigenvalue weighted by Gasteiger charge is -2.18. The van der Waals surface area contributed by atoms with E-state index in [2.05, 4.69) is 44.1 Å². The molecule has 0 saturated carbocycles. The summed E-state index contributed by atoms with van der Waals surface area (Å²) in [7, 11) is 1.72. The Balaban J connectivity index is 2.56. The van der Waals surface area contributed by atoms with Gasteiger partial charge in [0.1, 0.15) is 5.75 Å². The van der Waals surface area contributed by atoms with Crippen LogP contribution in [0.3, 0.4) is 0 Å². The van der Waals surface area contributed by atoms with Gasteiger partial charge in [-0.2, -0.15) is 0 Å². The zero-order valence-corrected chi connectivity index (χ0v) is 11.1. The highest BCUT2D eigenvalue weighted by Gasteiger charge is 2.18. The predicted molar refractivity (Wildman–Crippen MR) is 72.7 cm³/mol. The van der Waals surface area contributed by atoms with E-state index in [9.17, 15) is 0 Å². The first-order valence-corrected chi connectivity index (χ1v) is 6.33. The van der Waals surface area contributed by atoms with E-state index in [-0.39, 0.29) is 0 Å². The van der Waals surface area contributed by atoms with Gasteiger partial charge in [0, 0.05) is 11.6 Å². The van der Waals surface area contributed by atoms with Crippen LogP contribution in [0.2, 0.25) is 0 Å². The third-order valence-corrected chi connectivity index (χ3v) is 3.57. The van der Waals surface area contributed by atoms with Gasteiger partial charge in [0.15, 0.2) is 0 Å². The lowest BCUT2D eigenvalue weighted by atomic mass is 9.86. The van der Waals surface area contributed by atoms with Crippen LogP contribution in [0.15, 0.2) is 24.4 Å². The average molecular weight is 231 g/mol. The number of nitrogens with one attached hydrogen (secondary N) is 1. The molecule has 1 aromatic carbocycles. The minimum absolute atomic E-state index is 0.607. The van der Waals surface area contributed by atoms with Gasteiger partial charge in [-0.05, 0) is 29.9 Å². The predicted octanol–water partition coefficient (Wildman–Crippen LogP) is 4.33. The SMILES string of the molecule is CCC(c1c[nH]c2c(OC)cccc12)C(C)C. The van der Waals surface area contributed by atoms with E-state index >= 15 is 0 Å². The Morgan fingerprint density at radius 1 is 1.29 bits per heavy atom. The molecule has 0 bridgehead atoms. The Hall–Kier alpha value is -1.44. The topological polar surface area (TPSA) is 25.0 Å². The van der Waals surface area contributed by atoms with Crippen molar-refractivity contribution in [1.82, 2.24) is 4.98 Å². The number of aromatic amines is 1. The Bertz CT molecular complexity index is 499. The molecule has 0 amide bonds. The van der Waals surface area contributed by atoms with E-state index in [1.54, 1.807) is 7.11 Å². The molecule has 1 N–H and O–H groups in total. The summed E-state index contributed by atoms with van der Waals surface area (Å²) in [5.41, 5.74) is 2.53. The smallest absolute Gasteiger partial charge is 0.142 e. The fourth-order valence-electron chi connectivity index (χ4n) is 2.68. The van der Waals surface area contributed by atoms with Crippen LogP contribution in [0.1, 0.15) is 38.7 Å². The summed E-state index contributed by atoms with van der Waals surface area (Å²) in [6.07, 6.45) is 3.31. The van der Waals surface area contributed by atoms with Gasteiger partial charge in [0.05, 0.1) is 12.6 Å². The highest BCUT2D eigenvalue weighted by atomic mass is 16.5. The fourth-order valence-corrected chi connectivity index (χ4v) is 2.68. The number of methoxy groups -OCH3 is 1. The molecule has 0 fully saturated rings. The normalized spacial score (nSPS) is 13.2. The Morgan fingerprint density at radius 3 is 2.65 bits per heavy atom. The molecule has 2 heteroatoms. The molecular formula is C15H21NO. The minimum Gasteiger partial charge on any atom is -0.495 e. The molecular weight excluding hydrogens is 210 g/mol. The van der Waals surface area contributed by atoms with Gasteiger partial charge in [-0.15, -0.1) is 0 Å². The molecule has 2 nitrogen and oxygen atoms in total. The number of H-pyrrole nitrogens is 1. The number of fused-ring (bicyclic) bond motifs is 1. The number of rotatable bonds is 4. The highest BCUT2D eigenvalue weighted by molar-refractivity contribution is 5.88. The van der Waals surface area contributed by atoms with Gasteiger partial charge >= 0.3 is 0 Å². The molecule has 2 aromatic rings. The van der Waals surface area contributed by atoms with Crippen molar-refractivity contribution in [2.75, 3.05) is 7.11 Å². The van der Waals surface area contributed by atoms with Gasteiger partial charge in [0.2, 0.25) is 0 Å². The number of ether oxygens (including phenoxy) is 1. The molecule has 92 valence electrons. The second-order valence-corrected chi connectivity index (χ2v) is 4.89. The average Bonchev–Trinajstić information content (AvgIpc) is 2.73. The van der Waals surface area contributed by atoms with Crippen LogP contribution in [0.25, 0.3) is 10.9 Å². The van der Waals surface area contributed by atoms with Crippen LogP contribution < -0.4 is 4.74 Å². The monoisotopic (exact) mass is 231 g/mol. The number of aromatic nitrogens is 1. The molecule has 2 rings (SSSR count). The van der Waals surface area contributed by atoms with Crippen LogP contribution in [0, 0.1) is 5.92 Å². The second-order valence-electron chi connectivity index (χ2n) is 4.89. The van der Waals surface area contributed by atoms with Gasteiger partial charge in [0.25, 0.3) is 0 Å². The molecule has 0 aliphatic heterocycles. The van der Waals surface area contributed by atoms with Crippen molar-refractivity contribution in [3.63, 3.8) is 0 Å². The van der Waals surface area contributed by atoms with Crippen LogP contribution in [0.5, 0.6) is 5.75 Å². The summed E-state index contributed by atoms with van der Waals surface area (Å²) in [6.45, 7) is 6.82. The first kappa shape index (κ1) is 12.0. The maximum Gasteiger partial charge on any atom is 0.142 e. The van der Waals surface area contributed by atoms with Crippen molar-refractivity contribution < 1.29 is 4.74 Å². The van der Waals surface area contributed by atoms with Gasteiger partial charge < -0.3 is 9.72 Å². The third kappa shape index (κ3) is 2.04. The van der Waals surface area contributed by atoms with E-state index in [1.165, 1.54) is 17.4 Å². The summed E-state index contributed by atoms with van der Waals surface area (Å²) in [4.78, 5) is 3.35. The fraction of sp³-hybridized carbons (Fsp3) is 0.467. The standard InChI is InChI=1S/C15H21NO/c1-5-11(10(2)3)13-9-16-15-12(13)7-6-8-14(15)17-4/h6-11,16H,5H2,1-4H3. The number of benzene rings is 1. The van der Waals surface area contributed by atoms with Crippen molar-refractivity contribution >= 4 is 10.9 Å². The van der Waals surface area contributed by atoms with E-state index in [1.807, 2.05) is 6.07 Å². The van der Waals surface area contributed by atoms with Crippen molar-refractivity contribution in [1.29, 1.82) is 0 Å². The quantitative estimate of drug-likeness (QED) is 0.832. The van der Waals surface area contributed by atoms with Gasteiger partial charge in [-0.25, -0.2) is 0 Å². The maximum absolute atomic E-state index is 5.38. The first-order valence-electron chi connectivity index (χ1n) is 6.33. The van der Waals surface area contributed by atoms with Crippen LogP contribution in [-0.4, -0.2) is 12.1 Å². The molecule has 17 heavy (non-hydrogen) atoms.